The SMILES string of the molecule is CN(C)c1ccc(N2C(=O)C(Nc3ccc(F)cc3)=C(c3ccccc3)C2=O)cc1. The third-order valence-corrected chi connectivity index (χ3v) is 4.88. The van der Waals surface area contributed by atoms with E-state index in [0.717, 1.165) is 10.6 Å². The van der Waals surface area contributed by atoms with Crippen LogP contribution in [0.3, 0.4) is 0 Å². The van der Waals surface area contributed by atoms with E-state index in [4.69, 9.17) is 0 Å². The van der Waals surface area contributed by atoms with Crippen LogP contribution in [-0.4, -0.2) is 25.9 Å². The lowest BCUT2D eigenvalue weighted by Gasteiger charge is -2.18. The monoisotopic (exact) mass is 401 g/mol. The van der Waals surface area contributed by atoms with E-state index in [2.05, 4.69) is 5.32 Å². The van der Waals surface area contributed by atoms with Gasteiger partial charge in [-0.05, 0) is 54.1 Å². The van der Waals surface area contributed by atoms with Crippen molar-refractivity contribution in [2.75, 3.05) is 29.2 Å². The summed E-state index contributed by atoms with van der Waals surface area (Å²) < 4.78 is 13.3. The number of anilines is 3. The van der Waals surface area contributed by atoms with Crippen molar-refractivity contribution in [3.8, 4) is 0 Å². The molecule has 0 aromatic heterocycles. The lowest BCUT2D eigenvalue weighted by molar-refractivity contribution is -0.120. The summed E-state index contributed by atoms with van der Waals surface area (Å²) in [5.74, 6) is -1.25. The molecule has 1 aliphatic rings. The minimum Gasteiger partial charge on any atom is -0.378 e. The van der Waals surface area contributed by atoms with E-state index in [-0.39, 0.29) is 17.1 Å². The van der Waals surface area contributed by atoms with Crippen molar-refractivity contribution in [1.82, 2.24) is 0 Å². The smallest absolute Gasteiger partial charge is 0.282 e. The van der Waals surface area contributed by atoms with Crippen molar-refractivity contribution in [1.29, 1.82) is 0 Å². The number of benzene rings is 3. The summed E-state index contributed by atoms with van der Waals surface area (Å²) >= 11 is 0. The molecule has 0 saturated heterocycles. The first-order valence-electron chi connectivity index (χ1n) is 9.44. The van der Waals surface area contributed by atoms with E-state index < -0.39 is 11.8 Å². The van der Waals surface area contributed by atoms with Gasteiger partial charge in [0.25, 0.3) is 11.8 Å². The van der Waals surface area contributed by atoms with Crippen LogP contribution in [0.25, 0.3) is 5.57 Å². The van der Waals surface area contributed by atoms with Crippen LogP contribution in [0.15, 0.2) is 84.6 Å². The minimum absolute atomic E-state index is 0.162. The van der Waals surface area contributed by atoms with Gasteiger partial charge >= 0.3 is 0 Å². The molecule has 0 saturated carbocycles. The van der Waals surface area contributed by atoms with Crippen molar-refractivity contribution in [3.63, 3.8) is 0 Å². The summed E-state index contributed by atoms with van der Waals surface area (Å²) in [6.07, 6.45) is 0. The van der Waals surface area contributed by atoms with Crippen LogP contribution in [0.1, 0.15) is 5.56 Å². The van der Waals surface area contributed by atoms with E-state index in [0.29, 0.717) is 16.9 Å². The first-order chi connectivity index (χ1) is 14.5. The molecule has 6 heteroatoms. The van der Waals surface area contributed by atoms with E-state index in [1.54, 1.807) is 24.3 Å². The first-order valence-corrected chi connectivity index (χ1v) is 9.44. The molecule has 2 amide bonds. The standard InChI is InChI=1S/C24H20FN3O2/c1-27(2)19-12-14-20(15-13-19)28-23(29)21(16-6-4-3-5-7-16)22(24(28)30)26-18-10-8-17(25)9-11-18/h3-15,26H,1-2H3. The quantitative estimate of drug-likeness (QED) is 0.648. The molecule has 0 spiro atoms. The molecule has 0 fully saturated rings. The van der Waals surface area contributed by atoms with E-state index in [9.17, 15) is 14.0 Å². The Morgan fingerprint density at radius 1 is 0.800 bits per heavy atom. The maximum atomic E-state index is 13.3. The maximum absolute atomic E-state index is 13.3. The predicted octanol–water partition coefficient (Wildman–Crippen LogP) is 4.29. The Morgan fingerprint density at radius 2 is 1.43 bits per heavy atom. The lowest BCUT2D eigenvalue weighted by atomic mass is 10.0. The fraction of sp³-hybridized carbons (Fsp3) is 0.0833. The summed E-state index contributed by atoms with van der Waals surface area (Å²) in [7, 11) is 3.84. The highest BCUT2D eigenvalue weighted by Gasteiger charge is 2.40. The summed E-state index contributed by atoms with van der Waals surface area (Å²) in [5, 5.41) is 3.02. The molecule has 0 bridgehead atoms. The first kappa shape index (κ1) is 19.4. The van der Waals surface area contributed by atoms with Crippen molar-refractivity contribution < 1.29 is 14.0 Å². The molecule has 3 aromatic carbocycles. The number of hydrogen-bond donors (Lipinski definition) is 1. The van der Waals surface area contributed by atoms with Gasteiger partial charge in [0.05, 0.1) is 11.3 Å². The number of carbonyl (C=O) groups excluding carboxylic acids is 2. The van der Waals surface area contributed by atoms with Gasteiger partial charge in [0, 0.05) is 25.5 Å². The maximum Gasteiger partial charge on any atom is 0.282 e. The van der Waals surface area contributed by atoms with Crippen LogP contribution in [0.2, 0.25) is 0 Å². The van der Waals surface area contributed by atoms with E-state index in [1.165, 1.54) is 24.3 Å². The van der Waals surface area contributed by atoms with Gasteiger partial charge in [0.2, 0.25) is 0 Å². The number of nitrogens with zero attached hydrogens (tertiary/aromatic N) is 2. The zero-order valence-corrected chi connectivity index (χ0v) is 16.6. The number of carbonyl (C=O) groups is 2. The molecule has 3 aromatic rings. The van der Waals surface area contributed by atoms with Gasteiger partial charge in [-0.1, -0.05) is 30.3 Å². The van der Waals surface area contributed by atoms with Crippen LogP contribution in [-0.2, 0) is 9.59 Å². The molecule has 0 aliphatic carbocycles. The van der Waals surface area contributed by atoms with Crippen LogP contribution in [0.4, 0.5) is 21.5 Å². The Bertz CT molecular complexity index is 1120. The Morgan fingerprint density at radius 3 is 2.03 bits per heavy atom. The van der Waals surface area contributed by atoms with Crippen LogP contribution < -0.4 is 15.1 Å². The van der Waals surface area contributed by atoms with Gasteiger partial charge in [-0.3, -0.25) is 9.59 Å². The Kier molecular flexibility index (Phi) is 5.06. The third-order valence-electron chi connectivity index (χ3n) is 4.88. The highest BCUT2D eigenvalue weighted by Crippen LogP contribution is 2.34. The number of nitrogens with one attached hydrogen (secondary N) is 1. The normalized spacial score (nSPS) is 13.8. The molecule has 5 nitrogen and oxygen atoms in total. The van der Waals surface area contributed by atoms with Crippen molar-refractivity contribution in [2.45, 2.75) is 0 Å². The predicted molar refractivity (Wildman–Crippen MR) is 117 cm³/mol. The fourth-order valence-electron chi connectivity index (χ4n) is 3.33. The number of amides is 2. The second-order valence-corrected chi connectivity index (χ2v) is 7.10. The van der Waals surface area contributed by atoms with Crippen LogP contribution >= 0.6 is 0 Å². The molecule has 150 valence electrons. The van der Waals surface area contributed by atoms with Crippen LogP contribution in [0, 0.1) is 5.82 Å². The second kappa shape index (κ2) is 7.83. The summed E-state index contributed by atoms with van der Waals surface area (Å²) in [4.78, 5) is 29.7. The van der Waals surface area contributed by atoms with Crippen molar-refractivity contribution in [3.05, 3.63) is 95.9 Å². The molecule has 30 heavy (non-hydrogen) atoms. The molecule has 0 unspecified atom stereocenters. The number of hydrogen-bond acceptors (Lipinski definition) is 4. The molecular formula is C24H20FN3O2. The van der Waals surface area contributed by atoms with Crippen molar-refractivity contribution >= 4 is 34.4 Å². The fourth-order valence-corrected chi connectivity index (χ4v) is 3.33. The number of imide groups is 1. The molecule has 1 N–H and O–H groups in total. The molecule has 1 aliphatic heterocycles. The van der Waals surface area contributed by atoms with Gasteiger partial charge in [-0.15, -0.1) is 0 Å². The molecule has 4 rings (SSSR count). The third kappa shape index (κ3) is 3.55. The second-order valence-electron chi connectivity index (χ2n) is 7.10. The number of rotatable bonds is 5. The average molecular weight is 401 g/mol. The summed E-state index contributed by atoms with van der Waals surface area (Å²) in [6, 6.07) is 21.9. The Labute approximate surface area is 174 Å². The van der Waals surface area contributed by atoms with Gasteiger partial charge in [0.15, 0.2) is 0 Å². The van der Waals surface area contributed by atoms with Gasteiger partial charge in [-0.25, -0.2) is 9.29 Å². The number of halogens is 1. The average Bonchev–Trinajstić information content (AvgIpc) is 3.00. The summed E-state index contributed by atoms with van der Waals surface area (Å²) in [5.41, 5.74) is 3.04. The largest absolute Gasteiger partial charge is 0.378 e. The van der Waals surface area contributed by atoms with Crippen molar-refractivity contribution in [2.24, 2.45) is 0 Å². The molecule has 0 atom stereocenters. The molecular weight excluding hydrogens is 381 g/mol. The molecule has 0 radical (unpaired) electrons. The van der Waals surface area contributed by atoms with Gasteiger partial charge < -0.3 is 10.2 Å². The van der Waals surface area contributed by atoms with E-state index >= 15 is 0 Å². The highest BCUT2D eigenvalue weighted by atomic mass is 19.1. The molecule has 1 heterocycles. The lowest BCUT2D eigenvalue weighted by Crippen LogP contribution is -2.32. The van der Waals surface area contributed by atoms with Crippen LogP contribution in [0.5, 0.6) is 0 Å². The summed E-state index contributed by atoms with van der Waals surface area (Å²) in [6.45, 7) is 0. The minimum atomic E-state index is -0.458. The Balaban J connectivity index is 1.76. The zero-order valence-electron chi connectivity index (χ0n) is 16.6. The van der Waals surface area contributed by atoms with Gasteiger partial charge in [0.1, 0.15) is 11.5 Å². The zero-order chi connectivity index (χ0) is 21.3. The highest BCUT2D eigenvalue weighted by molar-refractivity contribution is 6.46. The topological polar surface area (TPSA) is 52.6 Å². The van der Waals surface area contributed by atoms with E-state index in [1.807, 2.05) is 49.3 Å². The van der Waals surface area contributed by atoms with Gasteiger partial charge in [-0.2, -0.15) is 0 Å². The Hall–Kier alpha value is -3.93.